The molecular formula is C9H18O4. The van der Waals surface area contributed by atoms with Crippen LogP contribution in [0, 0.1) is 0 Å². The van der Waals surface area contributed by atoms with Crippen LogP contribution in [0.3, 0.4) is 0 Å². The summed E-state index contributed by atoms with van der Waals surface area (Å²) < 4.78 is 4.81. The second-order valence-electron chi connectivity index (χ2n) is 2.95. The second-order valence-corrected chi connectivity index (χ2v) is 2.95. The van der Waals surface area contributed by atoms with Gasteiger partial charge in [0.15, 0.2) is 0 Å². The first-order chi connectivity index (χ1) is 6.20. The van der Waals surface area contributed by atoms with Gasteiger partial charge < -0.3 is 14.9 Å². The summed E-state index contributed by atoms with van der Waals surface area (Å²) in [5, 5.41) is 17.4. The van der Waals surface area contributed by atoms with Crippen LogP contribution < -0.4 is 0 Å². The third kappa shape index (κ3) is 7.74. The van der Waals surface area contributed by atoms with Gasteiger partial charge in [0.05, 0.1) is 19.3 Å². The summed E-state index contributed by atoms with van der Waals surface area (Å²) in [7, 11) is 0. The van der Waals surface area contributed by atoms with Gasteiger partial charge in [0, 0.05) is 12.8 Å². The van der Waals surface area contributed by atoms with E-state index in [0.29, 0.717) is 12.8 Å². The maximum absolute atomic E-state index is 10.9. The van der Waals surface area contributed by atoms with Crippen LogP contribution in [0.15, 0.2) is 0 Å². The Morgan fingerprint density at radius 3 is 2.77 bits per heavy atom. The van der Waals surface area contributed by atoms with Crippen LogP contribution in [-0.2, 0) is 9.53 Å². The number of aliphatic hydroxyl groups is 2. The molecule has 0 aromatic rings. The number of unbranched alkanes of at least 4 members (excludes halogenated alkanes) is 1. The standard InChI is InChI=1S/C9H18O4/c1-2-3-4-9(12)13-6-5-8(11)7-10/h8,10-11H,2-7H2,1H3/t8-/m0/s1. The van der Waals surface area contributed by atoms with E-state index in [4.69, 9.17) is 14.9 Å². The third-order valence-electron chi connectivity index (χ3n) is 1.66. The minimum atomic E-state index is -0.779. The van der Waals surface area contributed by atoms with Crippen LogP contribution in [0.2, 0.25) is 0 Å². The Kier molecular flexibility index (Phi) is 7.63. The molecule has 0 rings (SSSR count). The SMILES string of the molecule is CCCCC(=O)OCC[C@H](O)CO. The summed E-state index contributed by atoms with van der Waals surface area (Å²) in [6.07, 6.45) is 1.76. The van der Waals surface area contributed by atoms with Crippen LogP contribution in [0.5, 0.6) is 0 Å². The predicted octanol–water partition coefficient (Wildman–Crippen LogP) is 0.463. The number of rotatable bonds is 7. The molecule has 0 aliphatic heterocycles. The van der Waals surface area contributed by atoms with Crippen LogP contribution >= 0.6 is 0 Å². The molecule has 0 radical (unpaired) electrons. The van der Waals surface area contributed by atoms with Crippen molar-refractivity contribution in [2.75, 3.05) is 13.2 Å². The minimum absolute atomic E-state index is 0.185. The van der Waals surface area contributed by atoms with Gasteiger partial charge in [-0.2, -0.15) is 0 Å². The number of hydrogen-bond donors (Lipinski definition) is 2. The van der Waals surface area contributed by atoms with Gasteiger partial charge in [0.2, 0.25) is 0 Å². The van der Waals surface area contributed by atoms with Crippen LogP contribution in [0.4, 0.5) is 0 Å². The average molecular weight is 190 g/mol. The van der Waals surface area contributed by atoms with E-state index >= 15 is 0 Å². The van der Waals surface area contributed by atoms with E-state index in [1.807, 2.05) is 6.92 Å². The molecule has 1 atom stereocenters. The predicted molar refractivity (Wildman–Crippen MR) is 48.2 cm³/mol. The number of carbonyl (C=O) groups is 1. The maximum atomic E-state index is 10.9. The number of hydrogen-bond acceptors (Lipinski definition) is 4. The molecular weight excluding hydrogens is 172 g/mol. The summed E-state index contributed by atoms with van der Waals surface area (Å²) in [5.74, 6) is -0.230. The highest BCUT2D eigenvalue weighted by molar-refractivity contribution is 5.69. The van der Waals surface area contributed by atoms with Crippen molar-refractivity contribution in [3.8, 4) is 0 Å². The van der Waals surface area contributed by atoms with E-state index in [2.05, 4.69) is 0 Å². The highest BCUT2D eigenvalue weighted by atomic mass is 16.5. The molecule has 0 unspecified atom stereocenters. The fourth-order valence-corrected chi connectivity index (χ4v) is 0.793. The zero-order valence-electron chi connectivity index (χ0n) is 8.03. The molecule has 0 bridgehead atoms. The Labute approximate surface area is 78.5 Å². The zero-order valence-corrected chi connectivity index (χ0v) is 8.03. The largest absolute Gasteiger partial charge is 0.466 e. The lowest BCUT2D eigenvalue weighted by Gasteiger charge is -2.07. The molecule has 13 heavy (non-hydrogen) atoms. The lowest BCUT2D eigenvalue weighted by atomic mass is 10.2. The van der Waals surface area contributed by atoms with Crippen LogP contribution in [0.1, 0.15) is 32.6 Å². The maximum Gasteiger partial charge on any atom is 0.305 e. The van der Waals surface area contributed by atoms with E-state index in [-0.39, 0.29) is 19.2 Å². The van der Waals surface area contributed by atoms with E-state index in [0.717, 1.165) is 12.8 Å². The Hall–Kier alpha value is -0.610. The topological polar surface area (TPSA) is 66.8 Å². The molecule has 0 spiro atoms. The number of esters is 1. The Bertz CT molecular complexity index is 136. The van der Waals surface area contributed by atoms with Crippen molar-refractivity contribution in [2.24, 2.45) is 0 Å². The molecule has 4 nitrogen and oxygen atoms in total. The van der Waals surface area contributed by atoms with Crippen molar-refractivity contribution in [3.05, 3.63) is 0 Å². The van der Waals surface area contributed by atoms with Crippen molar-refractivity contribution in [1.82, 2.24) is 0 Å². The number of ether oxygens (including phenoxy) is 1. The molecule has 4 heteroatoms. The minimum Gasteiger partial charge on any atom is -0.466 e. The van der Waals surface area contributed by atoms with E-state index in [1.165, 1.54) is 0 Å². The van der Waals surface area contributed by atoms with E-state index in [1.54, 1.807) is 0 Å². The van der Waals surface area contributed by atoms with E-state index < -0.39 is 6.10 Å². The summed E-state index contributed by atoms with van der Waals surface area (Å²) in [5.41, 5.74) is 0. The molecule has 78 valence electrons. The van der Waals surface area contributed by atoms with Gasteiger partial charge in [-0.1, -0.05) is 13.3 Å². The normalized spacial score (nSPS) is 12.5. The molecule has 0 aromatic carbocycles. The molecule has 0 saturated carbocycles. The molecule has 0 aromatic heterocycles. The van der Waals surface area contributed by atoms with Crippen molar-refractivity contribution in [3.63, 3.8) is 0 Å². The third-order valence-corrected chi connectivity index (χ3v) is 1.66. The molecule has 0 amide bonds. The molecule has 0 fully saturated rings. The zero-order chi connectivity index (χ0) is 10.1. The van der Waals surface area contributed by atoms with Crippen molar-refractivity contribution < 1.29 is 19.7 Å². The van der Waals surface area contributed by atoms with Gasteiger partial charge in [-0.15, -0.1) is 0 Å². The quantitative estimate of drug-likeness (QED) is 0.572. The van der Waals surface area contributed by atoms with E-state index in [9.17, 15) is 4.79 Å². The van der Waals surface area contributed by atoms with Gasteiger partial charge in [-0.05, 0) is 6.42 Å². The second kappa shape index (κ2) is 8.01. The molecule has 0 saturated heterocycles. The summed E-state index contributed by atoms with van der Waals surface area (Å²) >= 11 is 0. The van der Waals surface area contributed by atoms with Gasteiger partial charge in [-0.3, -0.25) is 4.79 Å². The average Bonchev–Trinajstić information content (AvgIpc) is 2.14. The first-order valence-electron chi connectivity index (χ1n) is 4.65. The highest BCUT2D eigenvalue weighted by Crippen LogP contribution is 1.98. The highest BCUT2D eigenvalue weighted by Gasteiger charge is 2.04. The molecule has 0 aliphatic carbocycles. The van der Waals surface area contributed by atoms with Crippen LogP contribution in [-0.4, -0.2) is 35.5 Å². The lowest BCUT2D eigenvalue weighted by Crippen LogP contribution is -2.16. The lowest BCUT2D eigenvalue weighted by molar-refractivity contribution is -0.144. The summed E-state index contributed by atoms with van der Waals surface area (Å²) in [6, 6.07) is 0. The summed E-state index contributed by atoms with van der Waals surface area (Å²) in [6.45, 7) is 1.90. The first-order valence-corrected chi connectivity index (χ1v) is 4.65. The van der Waals surface area contributed by atoms with Crippen LogP contribution in [0.25, 0.3) is 0 Å². The Morgan fingerprint density at radius 1 is 1.54 bits per heavy atom. The van der Waals surface area contributed by atoms with Gasteiger partial charge in [0.1, 0.15) is 0 Å². The monoisotopic (exact) mass is 190 g/mol. The summed E-state index contributed by atoms with van der Waals surface area (Å²) in [4.78, 5) is 10.9. The fraction of sp³-hybridized carbons (Fsp3) is 0.889. The van der Waals surface area contributed by atoms with Gasteiger partial charge in [0.25, 0.3) is 0 Å². The van der Waals surface area contributed by atoms with Gasteiger partial charge in [-0.25, -0.2) is 0 Å². The smallest absolute Gasteiger partial charge is 0.305 e. The number of carbonyl (C=O) groups excluding carboxylic acids is 1. The molecule has 2 N–H and O–H groups in total. The van der Waals surface area contributed by atoms with Crippen molar-refractivity contribution in [2.45, 2.75) is 38.7 Å². The first kappa shape index (κ1) is 12.4. The van der Waals surface area contributed by atoms with Crippen molar-refractivity contribution >= 4 is 5.97 Å². The fourth-order valence-electron chi connectivity index (χ4n) is 0.793. The molecule has 0 heterocycles. The Balaban J connectivity index is 3.26. The van der Waals surface area contributed by atoms with Crippen molar-refractivity contribution in [1.29, 1.82) is 0 Å². The van der Waals surface area contributed by atoms with Gasteiger partial charge >= 0.3 is 5.97 Å². The Morgan fingerprint density at radius 2 is 2.23 bits per heavy atom. The number of aliphatic hydroxyl groups excluding tert-OH is 2. The molecule has 0 aliphatic rings.